The molecule has 0 saturated heterocycles. The first kappa shape index (κ1) is 31.4. The van der Waals surface area contributed by atoms with E-state index >= 15 is 0 Å². The Balaban J connectivity index is 1.19. The van der Waals surface area contributed by atoms with Crippen molar-refractivity contribution in [2.75, 3.05) is 20.7 Å². The monoisotopic (exact) mass is 596 g/mol. The van der Waals surface area contributed by atoms with Crippen LogP contribution in [0.3, 0.4) is 0 Å². The molecule has 0 spiro atoms. The molecule has 0 saturated carbocycles. The largest absolute Gasteiger partial charge is 0.487 e. The van der Waals surface area contributed by atoms with Gasteiger partial charge in [-0.25, -0.2) is 9.78 Å². The average molecular weight is 597 g/mol. The Bertz CT molecular complexity index is 1510. The van der Waals surface area contributed by atoms with Crippen LogP contribution >= 0.6 is 0 Å². The first-order valence-electron chi connectivity index (χ1n) is 14.0. The number of hydrogen-bond acceptors (Lipinski definition) is 6. The fourth-order valence-electron chi connectivity index (χ4n) is 4.36. The van der Waals surface area contributed by atoms with Crippen molar-refractivity contribution in [1.82, 2.24) is 19.7 Å². The summed E-state index contributed by atoms with van der Waals surface area (Å²) in [6, 6.07) is 12.9. The van der Waals surface area contributed by atoms with E-state index in [4.69, 9.17) is 13.9 Å². The molecule has 0 aliphatic carbocycles. The van der Waals surface area contributed by atoms with Crippen LogP contribution in [0, 0.1) is 6.92 Å². The molecule has 0 fully saturated rings. The normalized spacial score (nSPS) is 11.7. The fourth-order valence-corrected chi connectivity index (χ4v) is 4.36. The topological polar surface area (TPSA) is 82.6 Å². The highest BCUT2D eigenvalue weighted by atomic mass is 19.4. The lowest BCUT2D eigenvalue weighted by Crippen LogP contribution is -2.24. The van der Waals surface area contributed by atoms with Gasteiger partial charge in [0.05, 0.1) is 12.1 Å². The number of carbonyl (C=O) groups is 1. The Labute approximate surface area is 248 Å². The molecule has 2 heterocycles. The first-order valence-corrected chi connectivity index (χ1v) is 14.0. The van der Waals surface area contributed by atoms with Gasteiger partial charge in [-0.1, -0.05) is 18.2 Å². The van der Waals surface area contributed by atoms with Gasteiger partial charge in [0, 0.05) is 32.1 Å². The molecule has 8 nitrogen and oxygen atoms in total. The molecule has 0 unspecified atom stereocenters. The van der Waals surface area contributed by atoms with Gasteiger partial charge < -0.3 is 18.8 Å². The number of aromatic nitrogens is 3. The van der Waals surface area contributed by atoms with Gasteiger partial charge in [-0.05, 0) is 85.7 Å². The Kier molecular flexibility index (Phi) is 10.6. The zero-order valence-electron chi connectivity index (χ0n) is 24.4. The third kappa shape index (κ3) is 9.49. The maximum absolute atomic E-state index is 12.7. The summed E-state index contributed by atoms with van der Waals surface area (Å²) in [6.07, 6.45) is 5.63. The number of carbonyl (C=O) groups excluding carboxylic acids is 1. The van der Waals surface area contributed by atoms with Crippen LogP contribution in [-0.2, 0) is 36.9 Å². The predicted molar refractivity (Wildman–Crippen MR) is 156 cm³/mol. The lowest BCUT2D eigenvalue weighted by Gasteiger charge is -2.12. The minimum Gasteiger partial charge on any atom is -0.487 e. The maximum atomic E-state index is 12.7. The van der Waals surface area contributed by atoms with Gasteiger partial charge in [-0.15, -0.1) is 0 Å². The smallest absolute Gasteiger partial charge is 0.416 e. The van der Waals surface area contributed by atoms with Crippen molar-refractivity contribution in [2.24, 2.45) is 0 Å². The van der Waals surface area contributed by atoms with E-state index in [1.807, 2.05) is 22.9 Å². The molecule has 4 rings (SSSR count). The highest BCUT2D eigenvalue weighted by Gasteiger charge is 2.29. The van der Waals surface area contributed by atoms with Gasteiger partial charge in [0.15, 0.2) is 0 Å². The van der Waals surface area contributed by atoms with E-state index in [2.05, 4.69) is 23.1 Å². The Hall–Kier alpha value is -4.54. The number of halogens is 3. The van der Waals surface area contributed by atoms with Crippen LogP contribution in [0.4, 0.5) is 18.0 Å². The van der Waals surface area contributed by atoms with E-state index in [0.29, 0.717) is 23.7 Å². The van der Waals surface area contributed by atoms with Crippen molar-refractivity contribution in [3.05, 3.63) is 101 Å². The van der Waals surface area contributed by atoms with E-state index < -0.39 is 11.7 Å². The minimum atomic E-state index is -4.36. The van der Waals surface area contributed by atoms with Crippen molar-refractivity contribution < 1.29 is 31.9 Å². The molecule has 0 bridgehead atoms. The Morgan fingerprint density at radius 2 is 1.81 bits per heavy atom. The molecule has 11 heteroatoms. The number of nitrogens with zero attached hydrogens (tertiary/aromatic N) is 4. The van der Waals surface area contributed by atoms with Crippen LogP contribution in [0.5, 0.6) is 5.75 Å². The Morgan fingerprint density at radius 1 is 1.05 bits per heavy atom. The number of unbranched alkanes of at least 4 members (excludes halogenated alkanes) is 1. The molecule has 0 radical (unpaired) electrons. The molecule has 0 N–H and O–H groups in total. The zero-order chi connectivity index (χ0) is 30.8. The average Bonchev–Trinajstić information content (AvgIpc) is 3.63. The number of benzene rings is 2. The lowest BCUT2D eigenvalue weighted by atomic mass is 10.0. The second-order valence-electron chi connectivity index (χ2n) is 10.3. The van der Waals surface area contributed by atoms with Crippen LogP contribution < -0.4 is 4.74 Å². The van der Waals surface area contributed by atoms with Crippen molar-refractivity contribution >= 4 is 18.2 Å². The van der Waals surface area contributed by atoms with Crippen LogP contribution in [-0.4, -0.2) is 46.5 Å². The van der Waals surface area contributed by atoms with Gasteiger partial charge in [-0.3, -0.25) is 4.68 Å². The second-order valence-corrected chi connectivity index (χ2v) is 10.3. The van der Waals surface area contributed by atoms with E-state index in [-0.39, 0.29) is 19.3 Å². The van der Waals surface area contributed by atoms with Gasteiger partial charge in [0.1, 0.15) is 30.9 Å². The van der Waals surface area contributed by atoms with Crippen molar-refractivity contribution in [1.29, 1.82) is 0 Å². The number of aryl methyl sites for hydroxylation is 3. The van der Waals surface area contributed by atoms with E-state index in [9.17, 15) is 18.0 Å². The number of rotatable bonds is 13. The Morgan fingerprint density at radius 3 is 2.53 bits per heavy atom. The molecular weight excluding hydrogens is 561 g/mol. The van der Waals surface area contributed by atoms with Crippen molar-refractivity contribution in [2.45, 2.75) is 51.9 Å². The van der Waals surface area contributed by atoms with Crippen LogP contribution in [0.1, 0.15) is 52.4 Å². The summed E-state index contributed by atoms with van der Waals surface area (Å²) in [5.74, 6) is 1.06. The lowest BCUT2D eigenvalue weighted by molar-refractivity contribution is -0.137. The fraction of sp³-hybridized carbons (Fsp3) is 0.344. The van der Waals surface area contributed by atoms with Crippen molar-refractivity contribution in [3.63, 3.8) is 0 Å². The van der Waals surface area contributed by atoms with Gasteiger partial charge in [-0.2, -0.15) is 18.3 Å². The quantitative estimate of drug-likeness (QED) is 0.152. The summed E-state index contributed by atoms with van der Waals surface area (Å²) in [4.78, 5) is 17.3. The highest BCUT2D eigenvalue weighted by molar-refractivity contribution is 5.67. The molecule has 2 aromatic heterocycles. The third-order valence-electron chi connectivity index (χ3n) is 6.75. The number of ether oxygens (including phenoxy) is 2. The molecular formula is C32H35F3N4O4. The SMILES string of the molecule is Cc1cc(OCc2coc(/C=C/c3ccc(C(F)(F)F)cc3)n2)ccc1CCCCc1ccnn1CCOC(=O)N(C)C. The zero-order valence-corrected chi connectivity index (χ0v) is 24.4. The van der Waals surface area contributed by atoms with Crippen LogP contribution in [0.2, 0.25) is 0 Å². The number of amides is 1. The molecule has 4 aromatic rings. The summed E-state index contributed by atoms with van der Waals surface area (Å²) < 4.78 is 56.6. The first-order chi connectivity index (χ1) is 20.6. The number of alkyl halides is 3. The molecule has 2 aromatic carbocycles. The minimum absolute atomic E-state index is 0.221. The summed E-state index contributed by atoms with van der Waals surface area (Å²) in [7, 11) is 3.30. The summed E-state index contributed by atoms with van der Waals surface area (Å²) >= 11 is 0. The second kappa shape index (κ2) is 14.6. The summed E-state index contributed by atoms with van der Waals surface area (Å²) in [6.45, 7) is 3.09. The van der Waals surface area contributed by atoms with E-state index in [1.165, 1.54) is 28.9 Å². The summed E-state index contributed by atoms with van der Waals surface area (Å²) in [5, 5.41) is 4.34. The maximum Gasteiger partial charge on any atom is 0.416 e. The van der Waals surface area contributed by atoms with E-state index in [1.54, 1.807) is 32.4 Å². The number of hydrogen-bond donors (Lipinski definition) is 0. The third-order valence-corrected chi connectivity index (χ3v) is 6.75. The highest BCUT2D eigenvalue weighted by Crippen LogP contribution is 2.29. The molecule has 0 atom stereocenters. The van der Waals surface area contributed by atoms with Crippen molar-refractivity contribution in [3.8, 4) is 5.75 Å². The predicted octanol–water partition coefficient (Wildman–Crippen LogP) is 7.21. The number of oxazole rings is 1. The molecule has 43 heavy (non-hydrogen) atoms. The molecule has 228 valence electrons. The van der Waals surface area contributed by atoms with E-state index in [0.717, 1.165) is 54.8 Å². The van der Waals surface area contributed by atoms with Crippen LogP contribution in [0.25, 0.3) is 12.2 Å². The molecule has 0 aliphatic rings. The molecule has 1 amide bonds. The van der Waals surface area contributed by atoms with Gasteiger partial charge in [0.25, 0.3) is 0 Å². The molecule has 0 aliphatic heterocycles. The summed E-state index contributed by atoms with van der Waals surface area (Å²) in [5.41, 5.74) is 4.03. The van der Waals surface area contributed by atoms with Crippen LogP contribution in [0.15, 0.2) is 65.4 Å². The standard InChI is InChI=1S/C32H35F3N4O4/c1-23-20-29(42-21-27-22-43-30(37-27)15-10-24-8-12-26(13-9-24)32(33,34)35)14-11-25(23)6-4-5-7-28-16-17-36-39(28)18-19-41-31(40)38(2)3/h8-17,20,22H,4-7,18-19,21H2,1-3H3/b15-10+. The van der Waals surface area contributed by atoms with Gasteiger partial charge >= 0.3 is 12.3 Å². The van der Waals surface area contributed by atoms with Gasteiger partial charge in [0.2, 0.25) is 5.89 Å².